The maximum absolute atomic E-state index is 13.5. The van der Waals surface area contributed by atoms with E-state index in [0.29, 0.717) is 36.9 Å². The number of piperidine rings is 1. The molecule has 0 aliphatic carbocycles. The summed E-state index contributed by atoms with van der Waals surface area (Å²) in [6.07, 6.45) is 2.18. The molecule has 1 aliphatic heterocycles. The molecule has 0 N–H and O–H groups in total. The lowest BCUT2D eigenvalue weighted by atomic mass is 9.94. The zero-order valence-electron chi connectivity index (χ0n) is 17.3. The maximum Gasteiger partial charge on any atom is 0.310 e. The van der Waals surface area contributed by atoms with Gasteiger partial charge in [-0.15, -0.1) is 11.8 Å². The van der Waals surface area contributed by atoms with E-state index in [-0.39, 0.29) is 23.7 Å². The van der Waals surface area contributed by atoms with Crippen LogP contribution in [0.2, 0.25) is 5.02 Å². The third-order valence-electron chi connectivity index (χ3n) is 5.32. The molecular formula is C24H28ClNO3S. The molecule has 1 aliphatic rings. The normalized spacial score (nSPS) is 17.4. The van der Waals surface area contributed by atoms with Gasteiger partial charge < -0.3 is 9.64 Å². The van der Waals surface area contributed by atoms with Gasteiger partial charge in [0, 0.05) is 28.8 Å². The SMILES string of the molecule is CCOC(=O)[C@@H]1CCCN(C(=O)[C@@H](CSc2ccccc2)Cc2ccccc2Cl)C1. The summed E-state index contributed by atoms with van der Waals surface area (Å²) in [5.41, 5.74) is 0.977. The minimum atomic E-state index is -0.231. The number of esters is 1. The number of hydrogen-bond acceptors (Lipinski definition) is 4. The first kappa shape index (κ1) is 22.7. The van der Waals surface area contributed by atoms with Crippen molar-refractivity contribution in [3.8, 4) is 0 Å². The van der Waals surface area contributed by atoms with Crippen LogP contribution in [0.4, 0.5) is 0 Å². The summed E-state index contributed by atoms with van der Waals surface area (Å²) >= 11 is 8.06. The molecule has 1 amide bonds. The molecule has 6 heteroatoms. The van der Waals surface area contributed by atoms with E-state index >= 15 is 0 Å². The molecule has 2 atom stereocenters. The highest BCUT2D eigenvalue weighted by Gasteiger charge is 2.32. The minimum absolute atomic E-state index is 0.0901. The first-order chi connectivity index (χ1) is 14.6. The van der Waals surface area contributed by atoms with Gasteiger partial charge in [-0.05, 0) is 49.9 Å². The fourth-order valence-corrected chi connectivity index (χ4v) is 4.97. The van der Waals surface area contributed by atoms with Gasteiger partial charge >= 0.3 is 5.97 Å². The van der Waals surface area contributed by atoms with Crippen LogP contribution in [0, 0.1) is 11.8 Å². The van der Waals surface area contributed by atoms with Crippen LogP contribution in [0.5, 0.6) is 0 Å². The molecule has 3 rings (SSSR count). The van der Waals surface area contributed by atoms with Crippen LogP contribution in [0.25, 0.3) is 0 Å². The zero-order chi connectivity index (χ0) is 21.3. The number of likely N-dealkylation sites (tertiary alicyclic amines) is 1. The van der Waals surface area contributed by atoms with E-state index in [1.54, 1.807) is 11.8 Å². The molecule has 1 fully saturated rings. The maximum atomic E-state index is 13.5. The van der Waals surface area contributed by atoms with Gasteiger partial charge in [0.1, 0.15) is 0 Å². The van der Waals surface area contributed by atoms with E-state index in [2.05, 4.69) is 12.1 Å². The number of carbonyl (C=O) groups is 2. The molecule has 0 bridgehead atoms. The molecule has 0 saturated carbocycles. The van der Waals surface area contributed by atoms with Crippen molar-refractivity contribution in [3.05, 3.63) is 65.2 Å². The van der Waals surface area contributed by atoms with Crippen molar-refractivity contribution >= 4 is 35.2 Å². The Bertz CT molecular complexity index is 845. The number of nitrogens with zero attached hydrogens (tertiary/aromatic N) is 1. The largest absolute Gasteiger partial charge is 0.466 e. The Kier molecular flexibility index (Phi) is 8.64. The van der Waals surface area contributed by atoms with Gasteiger partial charge in [-0.25, -0.2) is 0 Å². The zero-order valence-corrected chi connectivity index (χ0v) is 18.8. The fourth-order valence-electron chi connectivity index (χ4n) is 3.75. The first-order valence-electron chi connectivity index (χ1n) is 10.4. The highest BCUT2D eigenvalue weighted by atomic mass is 35.5. The molecule has 2 aromatic carbocycles. The second-order valence-corrected chi connectivity index (χ2v) is 8.99. The fraction of sp³-hybridized carbons (Fsp3) is 0.417. The van der Waals surface area contributed by atoms with Crippen molar-refractivity contribution in [2.24, 2.45) is 11.8 Å². The number of ether oxygens (including phenoxy) is 1. The van der Waals surface area contributed by atoms with E-state index in [9.17, 15) is 9.59 Å². The lowest BCUT2D eigenvalue weighted by Crippen LogP contribution is -2.46. The van der Waals surface area contributed by atoms with E-state index in [4.69, 9.17) is 16.3 Å². The molecular weight excluding hydrogens is 418 g/mol. The predicted octanol–water partition coefficient (Wildman–Crippen LogP) is 5.09. The Balaban J connectivity index is 1.73. The van der Waals surface area contributed by atoms with Crippen molar-refractivity contribution < 1.29 is 14.3 Å². The summed E-state index contributed by atoms with van der Waals surface area (Å²) in [5.74, 6) is 0.111. The first-order valence-corrected chi connectivity index (χ1v) is 11.8. The summed E-state index contributed by atoms with van der Waals surface area (Å²) in [6.45, 7) is 3.30. The standard InChI is InChI=1S/C24H28ClNO3S/c1-2-29-24(28)19-10-8-14-26(16-19)23(27)20(15-18-9-6-7-13-22(18)25)17-30-21-11-4-3-5-12-21/h3-7,9,11-13,19-20H,2,8,10,14-17H2,1H3/t19-,20-/m1/s1. The Morgan fingerprint density at radius 3 is 2.63 bits per heavy atom. The summed E-state index contributed by atoms with van der Waals surface area (Å²) in [4.78, 5) is 28.7. The van der Waals surface area contributed by atoms with Crippen LogP contribution in [0.1, 0.15) is 25.3 Å². The molecule has 2 aromatic rings. The summed E-state index contributed by atoms with van der Waals surface area (Å²) in [7, 11) is 0. The van der Waals surface area contributed by atoms with Crippen molar-refractivity contribution in [1.29, 1.82) is 0 Å². The molecule has 0 radical (unpaired) electrons. The van der Waals surface area contributed by atoms with Crippen LogP contribution in [-0.2, 0) is 20.7 Å². The van der Waals surface area contributed by atoms with Crippen LogP contribution >= 0.6 is 23.4 Å². The third kappa shape index (κ3) is 6.26. The number of carbonyl (C=O) groups excluding carboxylic acids is 2. The summed E-state index contributed by atoms with van der Waals surface area (Å²) < 4.78 is 5.19. The van der Waals surface area contributed by atoms with Gasteiger partial charge in [-0.1, -0.05) is 48.0 Å². The molecule has 1 saturated heterocycles. The van der Waals surface area contributed by atoms with Gasteiger partial charge in [0.15, 0.2) is 0 Å². The molecule has 160 valence electrons. The Labute approximate surface area is 187 Å². The second-order valence-electron chi connectivity index (χ2n) is 7.49. The second kappa shape index (κ2) is 11.4. The van der Waals surface area contributed by atoms with Gasteiger partial charge in [0.2, 0.25) is 5.91 Å². The molecule has 4 nitrogen and oxygen atoms in total. The molecule has 0 aromatic heterocycles. The van der Waals surface area contributed by atoms with E-state index in [1.165, 1.54) is 0 Å². The predicted molar refractivity (Wildman–Crippen MR) is 122 cm³/mol. The Morgan fingerprint density at radius 1 is 1.17 bits per heavy atom. The van der Waals surface area contributed by atoms with E-state index in [0.717, 1.165) is 23.3 Å². The monoisotopic (exact) mass is 445 g/mol. The van der Waals surface area contributed by atoms with Gasteiger partial charge in [0.05, 0.1) is 18.4 Å². The average molecular weight is 446 g/mol. The molecule has 0 unspecified atom stereocenters. The Morgan fingerprint density at radius 2 is 1.90 bits per heavy atom. The summed E-state index contributed by atoms with van der Waals surface area (Å²) in [5, 5.41) is 0.683. The topological polar surface area (TPSA) is 46.6 Å². The quantitative estimate of drug-likeness (QED) is 0.419. The van der Waals surface area contributed by atoms with Gasteiger partial charge in [0.25, 0.3) is 0 Å². The minimum Gasteiger partial charge on any atom is -0.466 e. The van der Waals surface area contributed by atoms with E-state index in [1.807, 2.05) is 54.3 Å². The van der Waals surface area contributed by atoms with Crippen LogP contribution in [0.15, 0.2) is 59.5 Å². The highest BCUT2D eigenvalue weighted by Crippen LogP contribution is 2.28. The van der Waals surface area contributed by atoms with Crippen LogP contribution in [-0.4, -0.2) is 42.2 Å². The van der Waals surface area contributed by atoms with Crippen molar-refractivity contribution in [1.82, 2.24) is 4.90 Å². The van der Waals surface area contributed by atoms with E-state index < -0.39 is 0 Å². The third-order valence-corrected chi connectivity index (χ3v) is 6.86. The molecule has 0 spiro atoms. The van der Waals surface area contributed by atoms with Crippen molar-refractivity contribution in [2.45, 2.75) is 31.1 Å². The lowest BCUT2D eigenvalue weighted by Gasteiger charge is -2.34. The van der Waals surface area contributed by atoms with Crippen LogP contribution < -0.4 is 0 Å². The number of amides is 1. The average Bonchev–Trinajstić information content (AvgIpc) is 2.78. The van der Waals surface area contributed by atoms with Crippen molar-refractivity contribution in [2.75, 3.05) is 25.4 Å². The number of benzene rings is 2. The van der Waals surface area contributed by atoms with Gasteiger partial charge in [-0.3, -0.25) is 9.59 Å². The lowest BCUT2D eigenvalue weighted by molar-refractivity contribution is -0.151. The smallest absolute Gasteiger partial charge is 0.310 e. The Hall–Kier alpha value is -1.98. The number of thioether (sulfide) groups is 1. The number of hydrogen-bond donors (Lipinski definition) is 0. The van der Waals surface area contributed by atoms with Crippen LogP contribution in [0.3, 0.4) is 0 Å². The number of rotatable bonds is 8. The highest BCUT2D eigenvalue weighted by molar-refractivity contribution is 7.99. The van der Waals surface area contributed by atoms with Crippen molar-refractivity contribution in [3.63, 3.8) is 0 Å². The molecule has 1 heterocycles. The number of halogens is 1. The van der Waals surface area contributed by atoms with Gasteiger partial charge in [-0.2, -0.15) is 0 Å². The molecule has 30 heavy (non-hydrogen) atoms. The summed E-state index contributed by atoms with van der Waals surface area (Å²) in [6, 6.07) is 17.8.